The van der Waals surface area contributed by atoms with Crippen molar-refractivity contribution < 1.29 is 0 Å². The van der Waals surface area contributed by atoms with Gasteiger partial charge in [0.2, 0.25) is 0 Å². The number of H-pyrrole nitrogens is 1. The SMILES string of the molecule is CC(N)CCCC(C)c1nc2nc(N(C)C)ccc2[nH]1. The van der Waals surface area contributed by atoms with E-state index in [1.165, 1.54) is 0 Å². The number of nitrogens with zero attached hydrogens (tertiary/aromatic N) is 3. The van der Waals surface area contributed by atoms with Crippen molar-refractivity contribution in [1.29, 1.82) is 0 Å². The lowest BCUT2D eigenvalue weighted by Gasteiger charge is -2.09. The second-order valence-corrected chi connectivity index (χ2v) is 5.87. The maximum Gasteiger partial charge on any atom is 0.179 e. The van der Waals surface area contributed by atoms with Gasteiger partial charge in [-0.05, 0) is 31.9 Å². The van der Waals surface area contributed by atoms with Crippen molar-refractivity contribution in [1.82, 2.24) is 15.0 Å². The molecular weight excluding hydrogens is 250 g/mol. The Morgan fingerprint density at radius 1 is 1.20 bits per heavy atom. The number of hydrogen-bond acceptors (Lipinski definition) is 4. The van der Waals surface area contributed by atoms with Gasteiger partial charge in [0, 0.05) is 26.1 Å². The minimum Gasteiger partial charge on any atom is -0.363 e. The molecule has 2 atom stereocenters. The number of imidazole rings is 1. The third kappa shape index (κ3) is 3.48. The van der Waals surface area contributed by atoms with Crippen LogP contribution in [-0.2, 0) is 0 Å². The highest BCUT2D eigenvalue weighted by molar-refractivity contribution is 5.73. The molecule has 2 rings (SSSR count). The first-order valence-corrected chi connectivity index (χ1v) is 7.27. The number of aromatic nitrogens is 3. The lowest BCUT2D eigenvalue weighted by Crippen LogP contribution is -2.14. The van der Waals surface area contributed by atoms with Gasteiger partial charge < -0.3 is 15.6 Å². The van der Waals surface area contributed by atoms with Gasteiger partial charge in [-0.1, -0.05) is 13.3 Å². The normalized spacial score (nSPS) is 14.4. The Morgan fingerprint density at radius 3 is 2.60 bits per heavy atom. The molecular formula is C15H25N5. The van der Waals surface area contributed by atoms with E-state index in [1.807, 2.05) is 31.1 Å². The molecule has 0 aromatic carbocycles. The number of aromatic amines is 1. The molecule has 0 radical (unpaired) electrons. The van der Waals surface area contributed by atoms with Crippen LogP contribution in [0.1, 0.15) is 44.9 Å². The van der Waals surface area contributed by atoms with E-state index in [2.05, 4.69) is 28.8 Å². The summed E-state index contributed by atoms with van der Waals surface area (Å²) in [5, 5.41) is 0. The molecule has 0 saturated carbocycles. The number of rotatable bonds is 6. The summed E-state index contributed by atoms with van der Waals surface area (Å²) < 4.78 is 0. The molecule has 0 aliphatic rings. The second kappa shape index (κ2) is 6.22. The summed E-state index contributed by atoms with van der Waals surface area (Å²) in [7, 11) is 3.97. The molecule has 0 fully saturated rings. The Hall–Kier alpha value is -1.62. The molecule has 5 heteroatoms. The lowest BCUT2D eigenvalue weighted by molar-refractivity contribution is 0.546. The summed E-state index contributed by atoms with van der Waals surface area (Å²) in [5.74, 6) is 2.36. The third-order valence-corrected chi connectivity index (χ3v) is 3.57. The molecule has 5 nitrogen and oxygen atoms in total. The van der Waals surface area contributed by atoms with Crippen LogP contribution in [0.2, 0.25) is 0 Å². The van der Waals surface area contributed by atoms with E-state index < -0.39 is 0 Å². The van der Waals surface area contributed by atoms with Crippen LogP contribution in [0.5, 0.6) is 0 Å². The highest BCUT2D eigenvalue weighted by atomic mass is 15.1. The average Bonchev–Trinajstić information content (AvgIpc) is 2.80. The van der Waals surface area contributed by atoms with Crippen molar-refractivity contribution in [2.24, 2.45) is 5.73 Å². The molecule has 0 amide bonds. The average molecular weight is 275 g/mol. The maximum absolute atomic E-state index is 5.79. The van der Waals surface area contributed by atoms with Crippen molar-refractivity contribution in [3.8, 4) is 0 Å². The molecule has 0 aliphatic carbocycles. The topological polar surface area (TPSA) is 70.8 Å². The number of hydrogen-bond donors (Lipinski definition) is 2. The van der Waals surface area contributed by atoms with Crippen molar-refractivity contribution >= 4 is 17.0 Å². The molecule has 2 heterocycles. The molecule has 2 aromatic heterocycles. The first-order valence-electron chi connectivity index (χ1n) is 7.27. The van der Waals surface area contributed by atoms with Gasteiger partial charge in [-0.2, -0.15) is 0 Å². The van der Waals surface area contributed by atoms with Crippen LogP contribution in [0, 0.1) is 0 Å². The Labute approximate surface area is 120 Å². The molecule has 110 valence electrons. The molecule has 0 saturated heterocycles. The first-order chi connectivity index (χ1) is 9.47. The highest BCUT2D eigenvalue weighted by Gasteiger charge is 2.12. The zero-order valence-corrected chi connectivity index (χ0v) is 12.8. The number of nitrogens with one attached hydrogen (secondary N) is 1. The fourth-order valence-corrected chi connectivity index (χ4v) is 2.27. The van der Waals surface area contributed by atoms with Crippen LogP contribution in [0.15, 0.2) is 12.1 Å². The molecule has 2 aromatic rings. The maximum atomic E-state index is 5.79. The third-order valence-electron chi connectivity index (χ3n) is 3.57. The smallest absolute Gasteiger partial charge is 0.179 e. The Balaban J connectivity index is 2.10. The van der Waals surface area contributed by atoms with Gasteiger partial charge in [0.1, 0.15) is 11.6 Å². The largest absolute Gasteiger partial charge is 0.363 e. The van der Waals surface area contributed by atoms with Gasteiger partial charge >= 0.3 is 0 Å². The summed E-state index contributed by atoms with van der Waals surface area (Å²) in [6.45, 7) is 4.25. The summed E-state index contributed by atoms with van der Waals surface area (Å²) in [6.07, 6.45) is 3.29. The fourth-order valence-electron chi connectivity index (χ4n) is 2.27. The van der Waals surface area contributed by atoms with E-state index in [-0.39, 0.29) is 6.04 Å². The Morgan fingerprint density at radius 2 is 1.95 bits per heavy atom. The number of pyridine rings is 1. The van der Waals surface area contributed by atoms with Crippen LogP contribution in [-0.4, -0.2) is 35.1 Å². The molecule has 0 bridgehead atoms. The van der Waals surface area contributed by atoms with Crippen LogP contribution in [0.3, 0.4) is 0 Å². The minimum absolute atomic E-state index is 0.280. The van der Waals surface area contributed by atoms with Crippen LogP contribution in [0.4, 0.5) is 5.82 Å². The lowest BCUT2D eigenvalue weighted by atomic mass is 10.0. The molecule has 20 heavy (non-hydrogen) atoms. The van der Waals surface area contributed by atoms with E-state index in [1.54, 1.807) is 0 Å². The molecule has 0 spiro atoms. The van der Waals surface area contributed by atoms with E-state index in [9.17, 15) is 0 Å². The van der Waals surface area contributed by atoms with E-state index in [0.717, 1.165) is 42.1 Å². The quantitative estimate of drug-likeness (QED) is 0.850. The zero-order valence-electron chi connectivity index (χ0n) is 12.8. The van der Waals surface area contributed by atoms with Crippen molar-refractivity contribution in [2.75, 3.05) is 19.0 Å². The number of nitrogens with two attached hydrogens (primary N) is 1. The van der Waals surface area contributed by atoms with E-state index in [4.69, 9.17) is 5.73 Å². The van der Waals surface area contributed by atoms with Crippen LogP contribution in [0.25, 0.3) is 11.2 Å². The number of fused-ring (bicyclic) bond motifs is 1. The minimum atomic E-state index is 0.280. The van der Waals surface area contributed by atoms with Gasteiger partial charge in [0.05, 0.1) is 5.52 Å². The number of anilines is 1. The van der Waals surface area contributed by atoms with Crippen LogP contribution >= 0.6 is 0 Å². The summed E-state index contributed by atoms with van der Waals surface area (Å²) in [4.78, 5) is 14.5. The van der Waals surface area contributed by atoms with Gasteiger partial charge in [0.15, 0.2) is 5.65 Å². The standard InChI is InChI=1S/C15H25N5/c1-10(6-5-7-11(2)16)14-17-12-8-9-13(20(3)4)18-15(12)19-14/h8-11H,5-7,16H2,1-4H3,(H,17,18,19). The molecule has 0 aliphatic heterocycles. The summed E-state index contributed by atoms with van der Waals surface area (Å²) in [5.41, 5.74) is 7.59. The van der Waals surface area contributed by atoms with Crippen molar-refractivity contribution in [3.05, 3.63) is 18.0 Å². The Bertz CT molecular complexity index is 558. The summed E-state index contributed by atoms with van der Waals surface area (Å²) in [6, 6.07) is 4.33. The second-order valence-electron chi connectivity index (χ2n) is 5.87. The van der Waals surface area contributed by atoms with Crippen LogP contribution < -0.4 is 10.6 Å². The predicted octanol–water partition coefficient (Wildman–Crippen LogP) is 2.64. The van der Waals surface area contributed by atoms with Gasteiger partial charge in [-0.15, -0.1) is 0 Å². The van der Waals surface area contributed by atoms with Crippen molar-refractivity contribution in [2.45, 2.75) is 45.1 Å². The van der Waals surface area contributed by atoms with E-state index in [0.29, 0.717) is 5.92 Å². The van der Waals surface area contributed by atoms with E-state index >= 15 is 0 Å². The summed E-state index contributed by atoms with van der Waals surface area (Å²) >= 11 is 0. The van der Waals surface area contributed by atoms with Gasteiger partial charge in [-0.3, -0.25) is 0 Å². The van der Waals surface area contributed by atoms with Gasteiger partial charge in [0.25, 0.3) is 0 Å². The molecule has 2 unspecified atom stereocenters. The fraction of sp³-hybridized carbons (Fsp3) is 0.600. The predicted molar refractivity (Wildman–Crippen MR) is 84.1 cm³/mol. The first kappa shape index (κ1) is 14.8. The molecule has 3 N–H and O–H groups in total. The monoisotopic (exact) mass is 275 g/mol. The zero-order chi connectivity index (χ0) is 14.7. The van der Waals surface area contributed by atoms with Crippen molar-refractivity contribution in [3.63, 3.8) is 0 Å². The van der Waals surface area contributed by atoms with Gasteiger partial charge in [-0.25, -0.2) is 9.97 Å². The highest BCUT2D eigenvalue weighted by Crippen LogP contribution is 2.22. The Kier molecular flexibility index (Phi) is 4.60.